The van der Waals surface area contributed by atoms with Crippen molar-refractivity contribution in [1.29, 1.82) is 0 Å². The topological polar surface area (TPSA) is 74.8 Å². The van der Waals surface area contributed by atoms with Gasteiger partial charge in [-0.1, -0.05) is 36.4 Å². The number of imide groups is 2. The molecule has 1 atom stereocenters. The van der Waals surface area contributed by atoms with Crippen LogP contribution in [0.4, 0.5) is 4.79 Å². The van der Waals surface area contributed by atoms with Gasteiger partial charge in [0.2, 0.25) is 5.91 Å². The van der Waals surface area contributed by atoms with Gasteiger partial charge in [-0.05, 0) is 50.3 Å². The van der Waals surface area contributed by atoms with Crippen molar-refractivity contribution in [1.82, 2.24) is 9.80 Å². The molecule has 1 fully saturated rings. The number of amides is 4. The second-order valence-corrected chi connectivity index (χ2v) is 7.26. The summed E-state index contributed by atoms with van der Waals surface area (Å²) in [5, 5.41) is 0.310. The number of rotatable bonds is 6. The Morgan fingerprint density at radius 2 is 1.89 bits per heavy atom. The molecule has 27 heavy (non-hydrogen) atoms. The van der Waals surface area contributed by atoms with Gasteiger partial charge in [0.05, 0.1) is 6.54 Å². The minimum absolute atomic E-state index is 0.310. The van der Waals surface area contributed by atoms with E-state index >= 15 is 0 Å². The smallest absolute Gasteiger partial charge is 0.293 e. The summed E-state index contributed by atoms with van der Waals surface area (Å²) in [6.07, 6.45) is 10.9. The van der Waals surface area contributed by atoms with Gasteiger partial charge in [-0.2, -0.15) is 0 Å². The number of hydrogen-bond acceptors (Lipinski definition) is 4. The SMILES string of the molecule is C=C(Cl)/C=C\C=C\C(=O)CN1C(=O)N(C)C(=O)C(C)(C2=CCCCC2)C1=O. The summed E-state index contributed by atoms with van der Waals surface area (Å²) in [5.74, 6) is -1.63. The zero-order chi connectivity index (χ0) is 20.2. The van der Waals surface area contributed by atoms with Crippen LogP contribution in [0.25, 0.3) is 0 Å². The van der Waals surface area contributed by atoms with Crippen LogP contribution in [0.15, 0.2) is 47.6 Å². The lowest BCUT2D eigenvalue weighted by Gasteiger charge is -2.42. The van der Waals surface area contributed by atoms with Crippen LogP contribution < -0.4 is 0 Å². The number of hydrogen-bond donors (Lipinski definition) is 0. The number of allylic oxidation sites excluding steroid dienone is 5. The predicted octanol–water partition coefficient (Wildman–Crippen LogP) is 3.35. The van der Waals surface area contributed by atoms with Crippen LogP contribution in [0.3, 0.4) is 0 Å². The summed E-state index contributed by atoms with van der Waals surface area (Å²) >= 11 is 5.58. The predicted molar refractivity (Wildman–Crippen MR) is 103 cm³/mol. The first-order valence-corrected chi connectivity index (χ1v) is 9.13. The van der Waals surface area contributed by atoms with Crippen molar-refractivity contribution in [3.05, 3.63) is 47.6 Å². The number of nitrogens with zero attached hydrogens (tertiary/aromatic N) is 2. The maximum atomic E-state index is 13.1. The summed E-state index contributed by atoms with van der Waals surface area (Å²) in [6.45, 7) is 4.60. The number of carbonyl (C=O) groups is 4. The van der Waals surface area contributed by atoms with E-state index in [0.29, 0.717) is 11.5 Å². The third-order valence-electron chi connectivity index (χ3n) is 4.84. The molecule has 0 aromatic carbocycles. The van der Waals surface area contributed by atoms with Crippen molar-refractivity contribution in [2.45, 2.75) is 32.6 Å². The molecule has 6 nitrogen and oxygen atoms in total. The van der Waals surface area contributed by atoms with Gasteiger partial charge in [-0.15, -0.1) is 0 Å². The molecule has 2 aliphatic rings. The Morgan fingerprint density at radius 1 is 1.22 bits per heavy atom. The Balaban J connectivity index is 2.25. The fraction of sp³-hybridized carbons (Fsp3) is 0.400. The molecular weight excluding hydrogens is 368 g/mol. The Labute approximate surface area is 163 Å². The normalized spacial score (nSPS) is 24.1. The monoisotopic (exact) mass is 390 g/mol. The highest BCUT2D eigenvalue weighted by atomic mass is 35.5. The molecule has 1 heterocycles. The summed E-state index contributed by atoms with van der Waals surface area (Å²) in [6, 6.07) is -0.787. The van der Waals surface area contributed by atoms with E-state index in [1.807, 2.05) is 6.08 Å². The average Bonchev–Trinajstić information content (AvgIpc) is 2.66. The van der Waals surface area contributed by atoms with E-state index in [4.69, 9.17) is 11.6 Å². The largest absolute Gasteiger partial charge is 0.333 e. The van der Waals surface area contributed by atoms with Crippen LogP contribution >= 0.6 is 11.6 Å². The molecule has 1 unspecified atom stereocenters. The molecule has 144 valence electrons. The van der Waals surface area contributed by atoms with Crippen LogP contribution in [0.1, 0.15) is 32.6 Å². The number of carbonyl (C=O) groups excluding carboxylic acids is 4. The summed E-state index contributed by atoms with van der Waals surface area (Å²) in [5.41, 5.74) is -0.719. The molecule has 1 aliphatic carbocycles. The van der Waals surface area contributed by atoms with Crippen molar-refractivity contribution in [2.75, 3.05) is 13.6 Å². The lowest BCUT2D eigenvalue weighted by atomic mass is 9.73. The first-order chi connectivity index (χ1) is 12.7. The van der Waals surface area contributed by atoms with E-state index in [1.54, 1.807) is 6.92 Å². The molecule has 0 bridgehead atoms. The van der Waals surface area contributed by atoms with Crippen molar-refractivity contribution >= 4 is 35.2 Å². The molecule has 0 N–H and O–H groups in total. The molecule has 0 spiro atoms. The maximum Gasteiger partial charge on any atom is 0.333 e. The molecular formula is C20H23ClN2O4. The summed E-state index contributed by atoms with van der Waals surface area (Å²) in [4.78, 5) is 52.2. The van der Waals surface area contributed by atoms with Crippen molar-refractivity contribution in [3.63, 3.8) is 0 Å². The van der Waals surface area contributed by atoms with Crippen LogP contribution in [0.5, 0.6) is 0 Å². The number of urea groups is 1. The number of halogens is 1. The van der Waals surface area contributed by atoms with E-state index in [2.05, 4.69) is 6.58 Å². The molecule has 0 aromatic heterocycles. The van der Waals surface area contributed by atoms with Gasteiger partial charge >= 0.3 is 6.03 Å². The van der Waals surface area contributed by atoms with Crippen molar-refractivity contribution in [3.8, 4) is 0 Å². The second-order valence-electron chi connectivity index (χ2n) is 6.77. The third-order valence-corrected chi connectivity index (χ3v) is 4.97. The highest BCUT2D eigenvalue weighted by Crippen LogP contribution is 2.40. The van der Waals surface area contributed by atoms with Gasteiger partial charge in [-0.25, -0.2) is 4.79 Å². The van der Waals surface area contributed by atoms with E-state index in [9.17, 15) is 19.2 Å². The first kappa shape index (κ1) is 20.8. The Morgan fingerprint density at radius 3 is 2.48 bits per heavy atom. The van der Waals surface area contributed by atoms with Gasteiger partial charge in [0, 0.05) is 12.1 Å². The maximum absolute atomic E-state index is 13.1. The van der Waals surface area contributed by atoms with E-state index in [0.717, 1.165) is 34.6 Å². The fourth-order valence-corrected chi connectivity index (χ4v) is 3.36. The van der Waals surface area contributed by atoms with Gasteiger partial charge < -0.3 is 0 Å². The fourth-order valence-electron chi connectivity index (χ4n) is 3.29. The van der Waals surface area contributed by atoms with Crippen molar-refractivity contribution < 1.29 is 19.2 Å². The minimum atomic E-state index is -1.44. The van der Waals surface area contributed by atoms with Crippen LogP contribution in [0, 0.1) is 5.41 Å². The second kappa shape index (κ2) is 8.48. The molecule has 0 saturated carbocycles. The number of barbiturate groups is 1. The summed E-state index contributed by atoms with van der Waals surface area (Å²) in [7, 11) is 1.33. The lowest BCUT2D eigenvalue weighted by molar-refractivity contribution is -0.155. The highest BCUT2D eigenvalue weighted by Gasteiger charge is 2.55. The Kier molecular flexibility index (Phi) is 6.54. The highest BCUT2D eigenvalue weighted by molar-refractivity contribution is 6.30. The summed E-state index contributed by atoms with van der Waals surface area (Å²) < 4.78 is 0. The van der Waals surface area contributed by atoms with Crippen LogP contribution in [-0.2, 0) is 14.4 Å². The molecule has 0 radical (unpaired) electrons. The third kappa shape index (κ3) is 4.27. The van der Waals surface area contributed by atoms with Crippen LogP contribution in [0.2, 0.25) is 0 Å². The van der Waals surface area contributed by atoms with Gasteiger partial charge in [0.15, 0.2) is 5.78 Å². The van der Waals surface area contributed by atoms with E-state index < -0.39 is 35.6 Å². The molecule has 2 rings (SSSR count). The molecule has 7 heteroatoms. The Hall–Kier alpha value is -2.47. The van der Waals surface area contributed by atoms with E-state index in [-0.39, 0.29) is 0 Å². The zero-order valence-electron chi connectivity index (χ0n) is 15.5. The van der Waals surface area contributed by atoms with Crippen molar-refractivity contribution in [2.24, 2.45) is 5.41 Å². The van der Waals surface area contributed by atoms with Gasteiger partial charge in [-0.3, -0.25) is 24.2 Å². The molecule has 0 aromatic rings. The van der Waals surface area contributed by atoms with Gasteiger partial charge in [0.25, 0.3) is 5.91 Å². The molecule has 1 aliphatic heterocycles. The van der Waals surface area contributed by atoms with Gasteiger partial charge in [0.1, 0.15) is 5.41 Å². The van der Waals surface area contributed by atoms with Crippen LogP contribution in [-0.4, -0.2) is 47.0 Å². The number of ketones is 1. The molecule has 4 amide bonds. The quantitative estimate of drug-likeness (QED) is 0.301. The average molecular weight is 391 g/mol. The standard InChI is InChI=1S/C20H23ClN2O4/c1-14(21)9-7-8-12-16(24)13-23-18(26)20(2,15-10-5-4-6-11-15)17(25)22(3)19(23)27/h7-10,12H,1,4-6,11,13H2,2-3H3/b9-7-,12-8+. The minimum Gasteiger partial charge on any atom is -0.293 e. The molecule has 1 saturated heterocycles. The Bertz CT molecular complexity index is 781. The first-order valence-electron chi connectivity index (χ1n) is 8.75. The van der Waals surface area contributed by atoms with E-state index in [1.165, 1.54) is 31.4 Å². The zero-order valence-corrected chi connectivity index (χ0v) is 16.3. The lowest BCUT2D eigenvalue weighted by Crippen LogP contribution is -2.64.